The van der Waals surface area contributed by atoms with Gasteiger partial charge in [-0.05, 0) is 30.3 Å². The minimum absolute atomic E-state index is 0.0163. The molecule has 1 aromatic carbocycles. The van der Waals surface area contributed by atoms with Crippen LogP contribution < -0.4 is 5.56 Å². The van der Waals surface area contributed by atoms with Crippen molar-refractivity contribution in [1.29, 1.82) is 0 Å². The standard InChI is InChI=1S/C13H10N2O/c16-13-3-1-2-8-15(13)11-4-5-12-10(9-11)6-7-14-12/h1-9,14H. The smallest absolute Gasteiger partial charge is 0.255 e. The van der Waals surface area contributed by atoms with Crippen LogP contribution in [0.2, 0.25) is 0 Å². The zero-order valence-electron chi connectivity index (χ0n) is 8.55. The Labute approximate surface area is 92.0 Å². The summed E-state index contributed by atoms with van der Waals surface area (Å²) in [6.07, 6.45) is 3.67. The average Bonchev–Trinajstić information content (AvgIpc) is 2.76. The molecule has 0 saturated carbocycles. The summed E-state index contributed by atoms with van der Waals surface area (Å²) in [6.45, 7) is 0. The number of aromatic nitrogens is 2. The number of hydrogen-bond acceptors (Lipinski definition) is 1. The lowest BCUT2D eigenvalue weighted by Crippen LogP contribution is -2.15. The summed E-state index contributed by atoms with van der Waals surface area (Å²) in [6, 6.07) is 13.0. The monoisotopic (exact) mass is 210 g/mol. The molecule has 3 heteroatoms. The number of fused-ring (bicyclic) bond motifs is 1. The Kier molecular flexibility index (Phi) is 1.90. The van der Waals surface area contributed by atoms with Crippen molar-refractivity contribution in [3.05, 3.63) is 65.2 Å². The topological polar surface area (TPSA) is 37.8 Å². The van der Waals surface area contributed by atoms with Crippen LogP contribution in [-0.2, 0) is 0 Å². The van der Waals surface area contributed by atoms with Crippen LogP contribution in [0.5, 0.6) is 0 Å². The van der Waals surface area contributed by atoms with E-state index in [1.165, 1.54) is 0 Å². The van der Waals surface area contributed by atoms with Crippen LogP contribution in [-0.4, -0.2) is 9.55 Å². The van der Waals surface area contributed by atoms with E-state index < -0.39 is 0 Å². The summed E-state index contributed by atoms with van der Waals surface area (Å²) in [5, 5.41) is 1.10. The van der Waals surface area contributed by atoms with Gasteiger partial charge in [0.2, 0.25) is 0 Å². The Bertz CT molecular complexity index is 694. The molecule has 0 unspecified atom stereocenters. The first-order valence-corrected chi connectivity index (χ1v) is 5.10. The van der Waals surface area contributed by atoms with Crippen LogP contribution in [0.4, 0.5) is 0 Å². The molecule has 0 aliphatic heterocycles. The molecule has 0 saturated heterocycles. The lowest BCUT2D eigenvalue weighted by molar-refractivity contribution is 0.993. The molecular weight excluding hydrogens is 200 g/mol. The van der Waals surface area contributed by atoms with Crippen molar-refractivity contribution in [2.24, 2.45) is 0 Å². The first-order valence-electron chi connectivity index (χ1n) is 5.10. The molecule has 1 N–H and O–H groups in total. The number of H-pyrrole nitrogens is 1. The molecule has 3 nitrogen and oxygen atoms in total. The van der Waals surface area contributed by atoms with Crippen molar-refractivity contribution in [1.82, 2.24) is 9.55 Å². The van der Waals surface area contributed by atoms with Gasteiger partial charge in [0.25, 0.3) is 5.56 Å². The molecule has 3 aromatic rings. The van der Waals surface area contributed by atoms with E-state index in [4.69, 9.17) is 0 Å². The van der Waals surface area contributed by atoms with Crippen LogP contribution in [0.3, 0.4) is 0 Å². The molecule has 0 radical (unpaired) electrons. The molecule has 0 spiro atoms. The molecule has 0 bridgehead atoms. The summed E-state index contributed by atoms with van der Waals surface area (Å²) >= 11 is 0. The first-order chi connectivity index (χ1) is 7.84. The van der Waals surface area contributed by atoms with Gasteiger partial charge in [-0.1, -0.05) is 6.07 Å². The SMILES string of the molecule is O=c1ccccn1-c1ccc2[nH]ccc2c1. The van der Waals surface area contributed by atoms with Crippen molar-refractivity contribution in [2.75, 3.05) is 0 Å². The maximum atomic E-state index is 11.6. The van der Waals surface area contributed by atoms with E-state index in [1.54, 1.807) is 22.9 Å². The normalized spacial score (nSPS) is 10.8. The molecule has 78 valence electrons. The number of nitrogens with zero attached hydrogens (tertiary/aromatic N) is 1. The molecule has 0 fully saturated rings. The maximum Gasteiger partial charge on any atom is 0.255 e. The molecule has 3 rings (SSSR count). The third-order valence-electron chi connectivity index (χ3n) is 2.64. The minimum atomic E-state index is -0.0163. The molecule has 2 heterocycles. The molecule has 0 aliphatic carbocycles. The summed E-state index contributed by atoms with van der Waals surface area (Å²) in [7, 11) is 0. The number of aromatic amines is 1. The average molecular weight is 210 g/mol. The Balaban J connectivity index is 2.26. The summed E-state index contributed by atoms with van der Waals surface area (Å²) in [5.41, 5.74) is 1.95. The first kappa shape index (κ1) is 8.97. The predicted octanol–water partition coefficient (Wildman–Crippen LogP) is 2.32. The van der Waals surface area contributed by atoms with Gasteiger partial charge in [0.1, 0.15) is 0 Å². The van der Waals surface area contributed by atoms with Crippen LogP contribution in [0.15, 0.2) is 59.7 Å². The maximum absolute atomic E-state index is 11.6. The minimum Gasteiger partial charge on any atom is -0.361 e. The van der Waals surface area contributed by atoms with Crippen molar-refractivity contribution >= 4 is 10.9 Å². The summed E-state index contributed by atoms with van der Waals surface area (Å²) in [5.74, 6) is 0. The number of pyridine rings is 1. The Morgan fingerprint density at radius 2 is 2.00 bits per heavy atom. The fourth-order valence-electron chi connectivity index (χ4n) is 1.83. The van der Waals surface area contributed by atoms with Crippen molar-refractivity contribution in [3.8, 4) is 5.69 Å². The molecule has 16 heavy (non-hydrogen) atoms. The fraction of sp³-hybridized carbons (Fsp3) is 0. The molecule has 2 aromatic heterocycles. The van der Waals surface area contributed by atoms with Crippen LogP contribution in [0.25, 0.3) is 16.6 Å². The van der Waals surface area contributed by atoms with Crippen molar-refractivity contribution < 1.29 is 0 Å². The van der Waals surface area contributed by atoms with Gasteiger partial charge in [-0.2, -0.15) is 0 Å². The second-order valence-electron chi connectivity index (χ2n) is 3.66. The van der Waals surface area contributed by atoms with E-state index in [2.05, 4.69) is 4.98 Å². The number of nitrogens with one attached hydrogen (secondary N) is 1. The molecule has 0 aliphatic rings. The molecular formula is C13H10N2O. The highest BCUT2D eigenvalue weighted by Crippen LogP contribution is 2.15. The van der Waals surface area contributed by atoms with Crippen molar-refractivity contribution in [2.45, 2.75) is 0 Å². The highest BCUT2D eigenvalue weighted by atomic mass is 16.1. The lowest BCUT2D eigenvalue weighted by Gasteiger charge is -2.04. The van der Waals surface area contributed by atoms with Gasteiger partial charge >= 0.3 is 0 Å². The van der Waals surface area contributed by atoms with Crippen LogP contribution >= 0.6 is 0 Å². The van der Waals surface area contributed by atoms with Gasteiger partial charge in [0, 0.05) is 35.1 Å². The van der Waals surface area contributed by atoms with E-state index >= 15 is 0 Å². The van der Waals surface area contributed by atoms with Crippen molar-refractivity contribution in [3.63, 3.8) is 0 Å². The third kappa shape index (κ3) is 1.34. The molecule has 0 amide bonds. The second kappa shape index (κ2) is 3.38. The Morgan fingerprint density at radius 3 is 2.88 bits per heavy atom. The predicted molar refractivity (Wildman–Crippen MR) is 63.9 cm³/mol. The highest BCUT2D eigenvalue weighted by Gasteiger charge is 2.00. The Hall–Kier alpha value is -2.29. The zero-order chi connectivity index (χ0) is 11.0. The van der Waals surface area contributed by atoms with E-state index in [0.717, 1.165) is 16.6 Å². The quantitative estimate of drug-likeness (QED) is 0.657. The van der Waals surface area contributed by atoms with E-state index in [1.807, 2.05) is 36.5 Å². The van der Waals surface area contributed by atoms with E-state index in [-0.39, 0.29) is 5.56 Å². The van der Waals surface area contributed by atoms with Gasteiger partial charge < -0.3 is 4.98 Å². The number of hydrogen-bond donors (Lipinski definition) is 1. The highest BCUT2D eigenvalue weighted by molar-refractivity contribution is 5.81. The van der Waals surface area contributed by atoms with Gasteiger partial charge in [-0.3, -0.25) is 9.36 Å². The Morgan fingerprint density at radius 1 is 1.06 bits per heavy atom. The zero-order valence-corrected chi connectivity index (χ0v) is 8.55. The van der Waals surface area contributed by atoms with Gasteiger partial charge in [0.15, 0.2) is 0 Å². The van der Waals surface area contributed by atoms with Crippen LogP contribution in [0, 0.1) is 0 Å². The van der Waals surface area contributed by atoms with E-state index in [0.29, 0.717) is 0 Å². The van der Waals surface area contributed by atoms with Gasteiger partial charge in [-0.25, -0.2) is 0 Å². The summed E-state index contributed by atoms with van der Waals surface area (Å²) in [4.78, 5) is 14.8. The second-order valence-corrected chi connectivity index (χ2v) is 3.66. The third-order valence-corrected chi connectivity index (χ3v) is 2.64. The fourth-order valence-corrected chi connectivity index (χ4v) is 1.83. The molecule has 0 atom stereocenters. The lowest BCUT2D eigenvalue weighted by atomic mass is 10.2. The number of benzene rings is 1. The summed E-state index contributed by atoms with van der Waals surface area (Å²) < 4.78 is 1.63. The van der Waals surface area contributed by atoms with Gasteiger partial charge in [0.05, 0.1) is 0 Å². The van der Waals surface area contributed by atoms with Gasteiger partial charge in [-0.15, -0.1) is 0 Å². The van der Waals surface area contributed by atoms with Crippen LogP contribution in [0.1, 0.15) is 0 Å². The van der Waals surface area contributed by atoms with E-state index in [9.17, 15) is 4.79 Å². The largest absolute Gasteiger partial charge is 0.361 e. The number of rotatable bonds is 1.